The molecule has 2 aromatic carbocycles. The van der Waals surface area contributed by atoms with E-state index in [9.17, 15) is 9.90 Å². The Morgan fingerprint density at radius 3 is 2.72 bits per heavy atom. The van der Waals surface area contributed by atoms with Crippen molar-refractivity contribution in [2.75, 3.05) is 25.0 Å². The second-order valence-corrected chi connectivity index (χ2v) is 6.40. The molecule has 0 aliphatic carbocycles. The van der Waals surface area contributed by atoms with Gasteiger partial charge < -0.3 is 15.2 Å². The summed E-state index contributed by atoms with van der Waals surface area (Å²) in [5.41, 5.74) is 3.35. The summed E-state index contributed by atoms with van der Waals surface area (Å²) >= 11 is 0. The predicted octanol–water partition coefficient (Wildman–Crippen LogP) is 2.44. The van der Waals surface area contributed by atoms with Crippen LogP contribution >= 0.6 is 0 Å². The van der Waals surface area contributed by atoms with Gasteiger partial charge in [0.1, 0.15) is 18.5 Å². The molecule has 1 heterocycles. The molecular weight excluding hydrogens is 316 g/mol. The van der Waals surface area contributed by atoms with E-state index in [1.807, 2.05) is 12.1 Å². The van der Waals surface area contributed by atoms with Crippen LogP contribution in [0.5, 0.6) is 5.75 Å². The third-order valence-corrected chi connectivity index (χ3v) is 4.31. The first kappa shape index (κ1) is 17.5. The lowest BCUT2D eigenvalue weighted by Crippen LogP contribution is -2.38. The van der Waals surface area contributed by atoms with Gasteiger partial charge in [-0.1, -0.05) is 36.4 Å². The third kappa shape index (κ3) is 4.81. The van der Waals surface area contributed by atoms with Crippen LogP contribution in [0.2, 0.25) is 0 Å². The van der Waals surface area contributed by atoms with Crippen LogP contribution < -0.4 is 10.1 Å². The summed E-state index contributed by atoms with van der Waals surface area (Å²) in [6.07, 6.45) is 0.422. The molecule has 1 atom stereocenters. The standard InChI is InChI=1S/C20H24N2O3/c1-15(23)21-19-8-4-5-9-20(19)25-14-18(24)13-22-11-10-16-6-2-3-7-17(16)12-22/h2-9,18,24H,10-14H2,1H3,(H,21,23)/t18-/m1/s1. The number of anilines is 1. The molecule has 0 unspecified atom stereocenters. The number of β-amino-alcohol motifs (C(OH)–C–C–N with tert-alkyl or cyclic N) is 1. The molecule has 1 amide bonds. The van der Waals surface area contributed by atoms with Crippen molar-refractivity contribution in [2.45, 2.75) is 26.0 Å². The second kappa shape index (κ2) is 8.14. The van der Waals surface area contributed by atoms with Crippen molar-refractivity contribution in [3.63, 3.8) is 0 Å². The molecule has 1 aliphatic rings. The SMILES string of the molecule is CC(=O)Nc1ccccc1OC[C@H](O)CN1CCc2ccccc2C1. The number of hydrogen-bond acceptors (Lipinski definition) is 4. The maximum Gasteiger partial charge on any atom is 0.221 e. The van der Waals surface area contributed by atoms with E-state index in [1.54, 1.807) is 12.1 Å². The topological polar surface area (TPSA) is 61.8 Å². The zero-order chi connectivity index (χ0) is 17.6. The number of carbonyl (C=O) groups is 1. The normalized spacial score (nSPS) is 15.3. The zero-order valence-electron chi connectivity index (χ0n) is 14.4. The molecule has 0 aromatic heterocycles. The van der Waals surface area contributed by atoms with Crippen LogP contribution in [0.1, 0.15) is 18.1 Å². The van der Waals surface area contributed by atoms with Crippen molar-refractivity contribution < 1.29 is 14.6 Å². The Labute approximate surface area is 148 Å². The molecule has 2 N–H and O–H groups in total. The highest BCUT2D eigenvalue weighted by Crippen LogP contribution is 2.24. The van der Waals surface area contributed by atoms with Gasteiger partial charge in [0, 0.05) is 26.6 Å². The Morgan fingerprint density at radius 2 is 1.92 bits per heavy atom. The van der Waals surface area contributed by atoms with Crippen molar-refractivity contribution in [3.8, 4) is 5.75 Å². The molecular formula is C20H24N2O3. The largest absolute Gasteiger partial charge is 0.489 e. The van der Waals surface area contributed by atoms with E-state index in [-0.39, 0.29) is 12.5 Å². The Kier molecular flexibility index (Phi) is 5.68. The first-order chi connectivity index (χ1) is 12.1. The minimum Gasteiger partial charge on any atom is -0.489 e. The van der Waals surface area contributed by atoms with E-state index >= 15 is 0 Å². The fourth-order valence-electron chi connectivity index (χ4n) is 3.13. The molecule has 0 spiro atoms. The van der Waals surface area contributed by atoms with E-state index in [0.717, 1.165) is 19.5 Å². The van der Waals surface area contributed by atoms with Crippen molar-refractivity contribution in [1.82, 2.24) is 4.90 Å². The summed E-state index contributed by atoms with van der Waals surface area (Å²) in [5, 5.41) is 13.1. The number of nitrogens with one attached hydrogen (secondary N) is 1. The fraction of sp³-hybridized carbons (Fsp3) is 0.350. The Morgan fingerprint density at radius 1 is 1.20 bits per heavy atom. The third-order valence-electron chi connectivity index (χ3n) is 4.31. The number of benzene rings is 2. The van der Waals surface area contributed by atoms with Crippen molar-refractivity contribution in [2.24, 2.45) is 0 Å². The zero-order valence-corrected chi connectivity index (χ0v) is 14.4. The summed E-state index contributed by atoms with van der Waals surface area (Å²) in [6.45, 7) is 4.01. The van der Waals surface area contributed by atoms with Crippen LogP contribution in [0.4, 0.5) is 5.69 Å². The summed E-state index contributed by atoms with van der Waals surface area (Å²) in [4.78, 5) is 13.5. The number of amides is 1. The Balaban J connectivity index is 1.52. The van der Waals surface area contributed by atoms with Gasteiger partial charge in [-0.05, 0) is 29.7 Å². The van der Waals surface area contributed by atoms with Crippen molar-refractivity contribution in [1.29, 1.82) is 0 Å². The first-order valence-electron chi connectivity index (χ1n) is 8.58. The van der Waals surface area contributed by atoms with E-state index < -0.39 is 6.10 Å². The van der Waals surface area contributed by atoms with E-state index in [1.165, 1.54) is 18.1 Å². The number of nitrogens with zero attached hydrogens (tertiary/aromatic N) is 1. The molecule has 5 heteroatoms. The maximum atomic E-state index is 11.2. The lowest BCUT2D eigenvalue weighted by atomic mass is 10.00. The smallest absolute Gasteiger partial charge is 0.221 e. The minimum atomic E-state index is -0.587. The molecule has 2 aromatic rings. The van der Waals surface area contributed by atoms with Crippen LogP contribution in [-0.4, -0.2) is 41.7 Å². The van der Waals surface area contributed by atoms with Gasteiger partial charge >= 0.3 is 0 Å². The van der Waals surface area contributed by atoms with E-state index in [0.29, 0.717) is 18.0 Å². The molecule has 132 valence electrons. The molecule has 1 aliphatic heterocycles. The number of carbonyl (C=O) groups excluding carboxylic acids is 1. The van der Waals surface area contributed by atoms with Gasteiger partial charge in [-0.25, -0.2) is 0 Å². The molecule has 0 saturated carbocycles. The van der Waals surface area contributed by atoms with Crippen molar-refractivity contribution >= 4 is 11.6 Å². The van der Waals surface area contributed by atoms with E-state index in [2.05, 4.69) is 34.5 Å². The number of rotatable bonds is 6. The number of para-hydroxylation sites is 2. The lowest BCUT2D eigenvalue weighted by molar-refractivity contribution is -0.114. The summed E-state index contributed by atoms with van der Waals surface area (Å²) in [5.74, 6) is 0.421. The van der Waals surface area contributed by atoms with Crippen LogP contribution in [0, 0.1) is 0 Å². The fourth-order valence-corrected chi connectivity index (χ4v) is 3.13. The average molecular weight is 340 g/mol. The highest BCUT2D eigenvalue weighted by Gasteiger charge is 2.19. The van der Waals surface area contributed by atoms with E-state index in [4.69, 9.17) is 4.74 Å². The average Bonchev–Trinajstić information content (AvgIpc) is 2.60. The maximum absolute atomic E-state index is 11.2. The first-order valence-corrected chi connectivity index (χ1v) is 8.58. The Hall–Kier alpha value is -2.37. The van der Waals surface area contributed by atoms with Gasteiger partial charge in [-0.2, -0.15) is 0 Å². The molecule has 0 fully saturated rings. The Bertz CT molecular complexity index is 732. The highest BCUT2D eigenvalue weighted by atomic mass is 16.5. The van der Waals surface area contributed by atoms with Gasteiger partial charge in [0.05, 0.1) is 5.69 Å². The van der Waals surface area contributed by atoms with Crippen LogP contribution in [0.15, 0.2) is 48.5 Å². The van der Waals surface area contributed by atoms with Gasteiger partial charge in [-0.15, -0.1) is 0 Å². The van der Waals surface area contributed by atoms with Crippen LogP contribution in [0.3, 0.4) is 0 Å². The minimum absolute atomic E-state index is 0.149. The summed E-state index contributed by atoms with van der Waals surface area (Å²) < 4.78 is 5.72. The molecule has 3 rings (SSSR count). The molecule has 0 radical (unpaired) electrons. The summed E-state index contributed by atoms with van der Waals surface area (Å²) in [7, 11) is 0. The van der Waals surface area contributed by atoms with Crippen LogP contribution in [0.25, 0.3) is 0 Å². The monoisotopic (exact) mass is 340 g/mol. The lowest BCUT2D eigenvalue weighted by Gasteiger charge is -2.30. The number of aliphatic hydroxyl groups excluding tert-OH is 1. The van der Waals surface area contributed by atoms with Crippen molar-refractivity contribution in [3.05, 3.63) is 59.7 Å². The highest BCUT2D eigenvalue weighted by molar-refractivity contribution is 5.90. The predicted molar refractivity (Wildman–Crippen MR) is 97.7 cm³/mol. The second-order valence-electron chi connectivity index (χ2n) is 6.40. The number of ether oxygens (including phenoxy) is 1. The van der Waals surface area contributed by atoms with Crippen LogP contribution in [-0.2, 0) is 17.8 Å². The van der Waals surface area contributed by atoms with Gasteiger partial charge in [0.25, 0.3) is 0 Å². The molecule has 5 nitrogen and oxygen atoms in total. The number of aliphatic hydroxyl groups is 1. The molecule has 0 saturated heterocycles. The van der Waals surface area contributed by atoms with Gasteiger partial charge in [0.2, 0.25) is 5.91 Å². The number of fused-ring (bicyclic) bond motifs is 1. The van der Waals surface area contributed by atoms with Gasteiger partial charge in [0.15, 0.2) is 0 Å². The molecule has 25 heavy (non-hydrogen) atoms. The van der Waals surface area contributed by atoms with Gasteiger partial charge in [-0.3, -0.25) is 9.69 Å². The quantitative estimate of drug-likeness (QED) is 0.848. The number of hydrogen-bond donors (Lipinski definition) is 2. The summed E-state index contributed by atoms with van der Waals surface area (Å²) in [6, 6.07) is 15.7. The molecule has 0 bridgehead atoms.